The van der Waals surface area contributed by atoms with Crippen LogP contribution in [0.2, 0.25) is 0 Å². The van der Waals surface area contributed by atoms with E-state index in [1.54, 1.807) is 0 Å². The first-order chi connectivity index (χ1) is 14.2. The molecule has 1 atom stereocenters. The maximum absolute atomic E-state index is 13.1. The molecule has 0 aromatic heterocycles. The summed E-state index contributed by atoms with van der Waals surface area (Å²) in [6.07, 6.45) is 1.48. The lowest BCUT2D eigenvalue weighted by Crippen LogP contribution is -2.49. The van der Waals surface area contributed by atoms with Crippen molar-refractivity contribution in [1.29, 1.82) is 0 Å². The average molecular weight is 415 g/mol. The van der Waals surface area contributed by atoms with E-state index in [-0.39, 0.29) is 29.2 Å². The lowest BCUT2D eigenvalue weighted by Gasteiger charge is -2.37. The van der Waals surface area contributed by atoms with Crippen LogP contribution in [0, 0.1) is 11.3 Å². The second-order valence-electron chi connectivity index (χ2n) is 9.89. The van der Waals surface area contributed by atoms with Gasteiger partial charge in [0.2, 0.25) is 11.8 Å². The van der Waals surface area contributed by atoms with Gasteiger partial charge in [0.05, 0.1) is 6.04 Å². The largest absolute Gasteiger partial charge is 0.348 e. The van der Waals surface area contributed by atoms with E-state index >= 15 is 0 Å². The van der Waals surface area contributed by atoms with Gasteiger partial charge in [-0.15, -0.1) is 0 Å². The van der Waals surface area contributed by atoms with Gasteiger partial charge in [-0.05, 0) is 25.5 Å². The Bertz CT molecular complexity index is 700. The van der Waals surface area contributed by atoms with Crippen molar-refractivity contribution < 1.29 is 9.59 Å². The molecular formula is C24H38N4O2. The number of nitrogens with one attached hydrogen (secondary N) is 1. The normalized spacial score (nSPS) is 20.7. The van der Waals surface area contributed by atoms with Gasteiger partial charge in [-0.3, -0.25) is 14.5 Å². The summed E-state index contributed by atoms with van der Waals surface area (Å²) in [4.78, 5) is 32.3. The maximum Gasteiger partial charge on any atom is 0.227 e. The molecule has 1 unspecified atom stereocenters. The van der Waals surface area contributed by atoms with Gasteiger partial charge in [-0.25, -0.2) is 0 Å². The first-order valence-corrected chi connectivity index (χ1v) is 11.3. The quantitative estimate of drug-likeness (QED) is 0.804. The van der Waals surface area contributed by atoms with Gasteiger partial charge < -0.3 is 15.1 Å². The first kappa shape index (κ1) is 22.8. The minimum atomic E-state index is -0.365. The van der Waals surface area contributed by atoms with Gasteiger partial charge in [0, 0.05) is 57.1 Å². The van der Waals surface area contributed by atoms with E-state index in [0.29, 0.717) is 13.1 Å². The van der Waals surface area contributed by atoms with Gasteiger partial charge in [0.15, 0.2) is 0 Å². The van der Waals surface area contributed by atoms with Crippen LogP contribution in [0.3, 0.4) is 0 Å². The fraction of sp³-hybridized carbons (Fsp3) is 0.667. The van der Waals surface area contributed by atoms with Crippen LogP contribution in [0.4, 0.5) is 0 Å². The summed E-state index contributed by atoms with van der Waals surface area (Å²) in [6, 6.07) is 10.3. The molecular weight excluding hydrogens is 376 g/mol. The number of carbonyl (C=O) groups excluding carboxylic acids is 2. The Kier molecular flexibility index (Phi) is 7.53. The number of piperazine rings is 1. The lowest BCUT2D eigenvalue weighted by molar-refractivity contribution is -0.142. The van der Waals surface area contributed by atoms with Crippen LogP contribution in [0.1, 0.15) is 45.2 Å². The van der Waals surface area contributed by atoms with E-state index in [4.69, 9.17) is 0 Å². The third-order valence-corrected chi connectivity index (χ3v) is 6.35. The van der Waals surface area contributed by atoms with Crippen molar-refractivity contribution in [3.63, 3.8) is 0 Å². The van der Waals surface area contributed by atoms with Crippen LogP contribution < -0.4 is 5.32 Å². The molecule has 0 aliphatic carbocycles. The lowest BCUT2D eigenvalue weighted by atomic mass is 9.90. The summed E-state index contributed by atoms with van der Waals surface area (Å²) in [7, 11) is 2.16. The zero-order valence-corrected chi connectivity index (χ0v) is 19.1. The molecule has 0 bridgehead atoms. The Morgan fingerprint density at radius 3 is 2.17 bits per heavy atom. The highest BCUT2D eigenvalue weighted by Crippen LogP contribution is 2.25. The number of rotatable bonds is 5. The van der Waals surface area contributed by atoms with Crippen LogP contribution in [0.25, 0.3) is 0 Å². The summed E-state index contributed by atoms with van der Waals surface area (Å²) < 4.78 is 0. The summed E-state index contributed by atoms with van der Waals surface area (Å²) in [5.41, 5.74) is 0.792. The molecule has 0 saturated carbocycles. The summed E-state index contributed by atoms with van der Waals surface area (Å²) >= 11 is 0. The molecule has 1 aromatic carbocycles. The Hall–Kier alpha value is -1.92. The number of nitrogens with zero attached hydrogens (tertiary/aromatic N) is 3. The fourth-order valence-electron chi connectivity index (χ4n) is 4.32. The first-order valence-electron chi connectivity index (χ1n) is 11.3. The standard InChI is InChI=1S/C24H38N4O2/c1-24(2,3)23(30)28-12-10-20(11-13-28)22(29)25-21(19-8-6-5-7-9-19)18-27-16-14-26(4)15-17-27/h5-9,20-21H,10-18H2,1-4H3,(H,25,29). The molecule has 6 nitrogen and oxygen atoms in total. The minimum Gasteiger partial charge on any atom is -0.348 e. The summed E-state index contributed by atoms with van der Waals surface area (Å²) in [5.74, 6) is 0.284. The van der Waals surface area contributed by atoms with Crippen LogP contribution in [-0.2, 0) is 9.59 Å². The fourth-order valence-corrected chi connectivity index (χ4v) is 4.32. The smallest absolute Gasteiger partial charge is 0.227 e. The Labute approximate surface area is 181 Å². The molecule has 2 fully saturated rings. The minimum absolute atomic E-state index is 0.00339. The Balaban J connectivity index is 1.59. The highest BCUT2D eigenvalue weighted by atomic mass is 16.2. The predicted molar refractivity (Wildman–Crippen MR) is 120 cm³/mol. The van der Waals surface area contributed by atoms with Crippen molar-refractivity contribution in [2.24, 2.45) is 11.3 Å². The van der Waals surface area contributed by atoms with Crippen molar-refractivity contribution in [1.82, 2.24) is 20.0 Å². The number of likely N-dealkylation sites (tertiary alicyclic amines) is 1. The third-order valence-electron chi connectivity index (χ3n) is 6.35. The van der Waals surface area contributed by atoms with Crippen molar-refractivity contribution in [3.8, 4) is 0 Å². The molecule has 2 amide bonds. The number of likely N-dealkylation sites (N-methyl/N-ethyl adjacent to an activating group) is 1. The van der Waals surface area contributed by atoms with Crippen molar-refractivity contribution >= 4 is 11.8 Å². The molecule has 2 aliphatic rings. The number of carbonyl (C=O) groups is 2. The van der Waals surface area contributed by atoms with E-state index in [9.17, 15) is 9.59 Å². The Morgan fingerprint density at radius 1 is 1.00 bits per heavy atom. The third kappa shape index (κ3) is 6.05. The molecule has 166 valence electrons. The number of hydrogen-bond acceptors (Lipinski definition) is 4. The number of benzene rings is 1. The molecule has 0 radical (unpaired) electrons. The van der Waals surface area contributed by atoms with Crippen molar-refractivity contribution in [2.45, 2.75) is 39.7 Å². The van der Waals surface area contributed by atoms with Crippen molar-refractivity contribution in [3.05, 3.63) is 35.9 Å². The van der Waals surface area contributed by atoms with E-state index in [2.05, 4.69) is 34.3 Å². The predicted octanol–water partition coefficient (Wildman–Crippen LogP) is 2.38. The van der Waals surface area contributed by atoms with E-state index in [1.807, 2.05) is 43.9 Å². The molecule has 2 saturated heterocycles. The van der Waals surface area contributed by atoms with E-state index < -0.39 is 0 Å². The topological polar surface area (TPSA) is 55.9 Å². The summed E-state index contributed by atoms with van der Waals surface area (Å²) in [6.45, 7) is 12.2. The van der Waals surface area contributed by atoms with Gasteiger partial charge >= 0.3 is 0 Å². The highest BCUT2D eigenvalue weighted by molar-refractivity contribution is 5.83. The zero-order chi connectivity index (χ0) is 21.7. The molecule has 6 heteroatoms. The Morgan fingerprint density at radius 2 is 1.60 bits per heavy atom. The number of hydrogen-bond donors (Lipinski definition) is 1. The highest BCUT2D eigenvalue weighted by Gasteiger charge is 2.33. The van der Waals surface area contributed by atoms with Gasteiger partial charge in [0.25, 0.3) is 0 Å². The molecule has 2 aliphatic heterocycles. The van der Waals surface area contributed by atoms with Crippen LogP contribution in [0.5, 0.6) is 0 Å². The summed E-state index contributed by atoms with van der Waals surface area (Å²) in [5, 5.41) is 3.34. The molecule has 30 heavy (non-hydrogen) atoms. The molecule has 1 aromatic rings. The van der Waals surface area contributed by atoms with E-state index in [0.717, 1.165) is 51.1 Å². The monoisotopic (exact) mass is 414 g/mol. The second kappa shape index (κ2) is 9.92. The zero-order valence-electron chi connectivity index (χ0n) is 19.1. The van der Waals surface area contributed by atoms with E-state index in [1.165, 1.54) is 0 Å². The SMILES string of the molecule is CN1CCN(CC(NC(=O)C2CCN(C(=O)C(C)(C)C)CC2)c2ccccc2)CC1. The van der Waals surface area contributed by atoms with Gasteiger partial charge in [0.1, 0.15) is 0 Å². The number of amides is 2. The number of piperidine rings is 1. The second-order valence-corrected chi connectivity index (χ2v) is 9.89. The molecule has 2 heterocycles. The van der Waals surface area contributed by atoms with Crippen LogP contribution in [0.15, 0.2) is 30.3 Å². The van der Waals surface area contributed by atoms with Gasteiger partial charge in [-0.2, -0.15) is 0 Å². The maximum atomic E-state index is 13.1. The molecule has 0 spiro atoms. The molecule has 1 N–H and O–H groups in total. The average Bonchev–Trinajstić information content (AvgIpc) is 2.74. The van der Waals surface area contributed by atoms with Crippen LogP contribution in [-0.4, -0.2) is 79.4 Å². The van der Waals surface area contributed by atoms with Gasteiger partial charge in [-0.1, -0.05) is 51.1 Å². The van der Waals surface area contributed by atoms with Crippen molar-refractivity contribution in [2.75, 3.05) is 52.9 Å². The van der Waals surface area contributed by atoms with Crippen LogP contribution >= 0.6 is 0 Å². The molecule has 3 rings (SSSR count).